The summed E-state index contributed by atoms with van der Waals surface area (Å²) in [5.41, 5.74) is -0.484. The fraction of sp³-hybridized carbons (Fsp3) is 0.643. The van der Waals surface area contributed by atoms with Gasteiger partial charge in [0.1, 0.15) is 22.4 Å². The molecule has 0 saturated carbocycles. The SMILES string of the molecule is COC(=O)Cc1nc(Br)cn1CCNCC(=O)OC(C)(C)C. The molecule has 0 aromatic carbocycles. The van der Waals surface area contributed by atoms with Crippen molar-refractivity contribution in [3.8, 4) is 0 Å². The van der Waals surface area contributed by atoms with Gasteiger partial charge in [-0.15, -0.1) is 0 Å². The van der Waals surface area contributed by atoms with E-state index in [2.05, 4.69) is 31.0 Å². The molecule has 0 unspecified atom stereocenters. The lowest BCUT2D eigenvalue weighted by atomic mass is 10.2. The molecule has 124 valence electrons. The van der Waals surface area contributed by atoms with Crippen molar-refractivity contribution in [2.24, 2.45) is 0 Å². The summed E-state index contributed by atoms with van der Waals surface area (Å²) in [6, 6.07) is 0. The van der Waals surface area contributed by atoms with E-state index in [0.29, 0.717) is 23.5 Å². The highest BCUT2D eigenvalue weighted by Gasteiger charge is 2.16. The molecule has 7 nitrogen and oxygen atoms in total. The number of carbonyl (C=O) groups is 2. The number of carbonyl (C=O) groups excluding carboxylic acids is 2. The topological polar surface area (TPSA) is 82.5 Å². The van der Waals surface area contributed by atoms with Crippen molar-refractivity contribution in [3.63, 3.8) is 0 Å². The molecule has 1 heterocycles. The van der Waals surface area contributed by atoms with Crippen LogP contribution in [0.2, 0.25) is 0 Å². The van der Waals surface area contributed by atoms with Crippen LogP contribution in [0, 0.1) is 0 Å². The molecule has 1 aromatic rings. The Morgan fingerprint density at radius 2 is 2.05 bits per heavy atom. The summed E-state index contributed by atoms with van der Waals surface area (Å²) in [5, 5.41) is 3.01. The minimum atomic E-state index is -0.484. The van der Waals surface area contributed by atoms with Gasteiger partial charge in [0, 0.05) is 19.3 Å². The molecule has 0 saturated heterocycles. The zero-order valence-corrected chi connectivity index (χ0v) is 14.9. The van der Waals surface area contributed by atoms with Crippen molar-refractivity contribution in [1.82, 2.24) is 14.9 Å². The van der Waals surface area contributed by atoms with Gasteiger partial charge in [-0.3, -0.25) is 9.59 Å². The summed E-state index contributed by atoms with van der Waals surface area (Å²) < 4.78 is 12.3. The Balaban J connectivity index is 2.42. The predicted octanol–water partition coefficient (Wildman–Crippen LogP) is 1.29. The van der Waals surface area contributed by atoms with Crippen LogP contribution in [0.3, 0.4) is 0 Å². The second kappa shape index (κ2) is 8.28. The molecule has 0 aliphatic heterocycles. The van der Waals surface area contributed by atoms with Crippen LogP contribution >= 0.6 is 15.9 Å². The van der Waals surface area contributed by atoms with E-state index in [-0.39, 0.29) is 24.9 Å². The molecular weight excluding hydrogens is 354 g/mol. The summed E-state index contributed by atoms with van der Waals surface area (Å²) in [6.45, 7) is 6.75. The number of ether oxygens (including phenoxy) is 2. The molecule has 1 rings (SSSR count). The number of rotatable bonds is 7. The van der Waals surface area contributed by atoms with Crippen molar-refractivity contribution in [2.45, 2.75) is 39.3 Å². The van der Waals surface area contributed by atoms with E-state index in [0.717, 1.165) is 0 Å². The number of hydrogen-bond donors (Lipinski definition) is 1. The fourth-order valence-corrected chi connectivity index (χ4v) is 2.17. The number of esters is 2. The maximum atomic E-state index is 11.6. The van der Waals surface area contributed by atoms with Crippen molar-refractivity contribution >= 4 is 27.9 Å². The molecule has 0 radical (unpaired) electrons. The molecule has 0 aliphatic rings. The molecular formula is C14H22BrN3O4. The maximum absolute atomic E-state index is 11.6. The largest absolute Gasteiger partial charge is 0.469 e. The summed E-state index contributed by atoms with van der Waals surface area (Å²) in [4.78, 5) is 27.1. The molecule has 0 aliphatic carbocycles. The van der Waals surface area contributed by atoms with Gasteiger partial charge in [0.2, 0.25) is 0 Å². The first-order chi connectivity index (χ1) is 10.2. The lowest BCUT2D eigenvalue weighted by Crippen LogP contribution is -2.33. The van der Waals surface area contributed by atoms with Gasteiger partial charge in [-0.05, 0) is 36.7 Å². The Bertz CT molecular complexity index is 523. The summed E-state index contributed by atoms with van der Waals surface area (Å²) in [6.07, 6.45) is 1.89. The third kappa shape index (κ3) is 7.04. The van der Waals surface area contributed by atoms with Crippen LogP contribution in [0.5, 0.6) is 0 Å². The highest BCUT2D eigenvalue weighted by atomic mass is 79.9. The fourth-order valence-electron chi connectivity index (χ4n) is 1.72. The summed E-state index contributed by atoms with van der Waals surface area (Å²) >= 11 is 3.28. The monoisotopic (exact) mass is 375 g/mol. The zero-order chi connectivity index (χ0) is 16.8. The minimum absolute atomic E-state index is 0.105. The molecule has 1 N–H and O–H groups in total. The van der Waals surface area contributed by atoms with E-state index in [9.17, 15) is 9.59 Å². The Labute approximate surface area is 138 Å². The van der Waals surface area contributed by atoms with Gasteiger partial charge in [0.15, 0.2) is 0 Å². The highest BCUT2D eigenvalue weighted by molar-refractivity contribution is 9.10. The van der Waals surface area contributed by atoms with Crippen molar-refractivity contribution < 1.29 is 19.1 Å². The van der Waals surface area contributed by atoms with E-state index in [4.69, 9.17) is 4.74 Å². The molecule has 1 aromatic heterocycles. The van der Waals surface area contributed by atoms with E-state index in [1.165, 1.54) is 7.11 Å². The van der Waals surface area contributed by atoms with Crippen LogP contribution in [-0.4, -0.2) is 47.3 Å². The normalized spacial score (nSPS) is 11.3. The Morgan fingerprint density at radius 1 is 1.36 bits per heavy atom. The Hall–Kier alpha value is -1.41. The summed E-state index contributed by atoms with van der Waals surface area (Å²) in [7, 11) is 1.34. The number of imidazole rings is 1. The van der Waals surface area contributed by atoms with Gasteiger partial charge in [0.25, 0.3) is 0 Å². The van der Waals surface area contributed by atoms with E-state index in [1.54, 1.807) is 6.20 Å². The standard InChI is InChI=1S/C14H22BrN3O4/c1-14(2,3)22-13(20)8-16-5-6-18-9-10(15)17-11(18)7-12(19)21-4/h9,16H,5-8H2,1-4H3. The van der Waals surface area contributed by atoms with Crippen LogP contribution in [-0.2, 0) is 32.0 Å². The molecule has 0 amide bonds. The Kier molecular flexibility index (Phi) is 7.02. The van der Waals surface area contributed by atoms with Gasteiger partial charge < -0.3 is 19.4 Å². The number of methoxy groups -OCH3 is 1. The first-order valence-electron chi connectivity index (χ1n) is 6.92. The number of halogens is 1. The van der Waals surface area contributed by atoms with E-state index in [1.807, 2.05) is 25.3 Å². The van der Waals surface area contributed by atoms with E-state index < -0.39 is 5.60 Å². The molecule has 8 heteroatoms. The lowest BCUT2D eigenvalue weighted by Gasteiger charge is -2.19. The predicted molar refractivity (Wildman–Crippen MR) is 84.4 cm³/mol. The van der Waals surface area contributed by atoms with Crippen LogP contribution in [0.15, 0.2) is 10.8 Å². The van der Waals surface area contributed by atoms with E-state index >= 15 is 0 Å². The third-order valence-corrected chi connectivity index (χ3v) is 2.96. The number of aromatic nitrogens is 2. The average molecular weight is 376 g/mol. The van der Waals surface area contributed by atoms with Crippen molar-refractivity contribution in [1.29, 1.82) is 0 Å². The van der Waals surface area contributed by atoms with Crippen LogP contribution < -0.4 is 5.32 Å². The number of hydrogen-bond acceptors (Lipinski definition) is 6. The quantitative estimate of drug-likeness (QED) is 0.571. The smallest absolute Gasteiger partial charge is 0.320 e. The molecule has 0 bridgehead atoms. The first kappa shape index (κ1) is 18.6. The second-order valence-corrected chi connectivity index (χ2v) is 6.50. The highest BCUT2D eigenvalue weighted by Crippen LogP contribution is 2.11. The van der Waals surface area contributed by atoms with Gasteiger partial charge in [0.05, 0.1) is 13.7 Å². The third-order valence-electron chi connectivity index (χ3n) is 2.58. The molecule has 0 atom stereocenters. The van der Waals surface area contributed by atoms with Gasteiger partial charge in [-0.2, -0.15) is 0 Å². The van der Waals surface area contributed by atoms with Crippen LogP contribution in [0.1, 0.15) is 26.6 Å². The number of nitrogens with one attached hydrogen (secondary N) is 1. The van der Waals surface area contributed by atoms with Gasteiger partial charge in [-0.1, -0.05) is 0 Å². The van der Waals surface area contributed by atoms with Crippen molar-refractivity contribution in [2.75, 3.05) is 20.2 Å². The number of nitrogens with zero attached hydrogens (tertiary/aromatic N) is 2. The second-order valence-electron chi connectivity index (χ2n) is 5.69. The lowest BCUT2D eigenvalue weighted by molar-refractivity contribution is -0.153. The Morgan fingerprint density at radius 3 is 2.64 bits per heavy atom. The zero-order valence-electron chi connectivity index (χ0n) is 13.3. The summed E-state index contributed by atoms with van der Waals surface area (Å²) in [5.74, 6) is -0.0343. The molecule has 0 fully saturated rings. The van der Waals surface area contributed by atoms with Gasteiger partial charge >= 0.3 is 11.9 Å². The van der Waals surface area contributed by atoms with Crippen molar-refractivity contribution in [3.05, 3.63) is 16.6 Å². The van der Waals surface area contributed by atoms with Crippen LogP contribution in [0.4, 0.5) is 0 Å². The first-order valence-corrected chi connectivity index (χ1v) is 7.71. The minimum Gasteiger partial charge on any atom is -0.469 e. The molecule has 0 spiro atoms. The van der Waals surface area contributed by atoms with Crippen LogP contribution in [0.25, 0.3) is 0 Å². The maximum Gasteiger partial charge on any atom is 0.320 e. The average Bonchev–Trinajstić information content (AvgIpc) is 2.72. The molecule has 22 heavy (non-hydrogen) atoms. The van der Waals surface area contributed by atoms with Gasteiger partial charge in [-0.25, -0.2) is 4.98 Å².